The number of piperazine rings is 1. The van der Waals surface area contributed by atoms with Crippen LogP contribution in [0.15, 0.2) is 35.5 Å². The van der Waals surface area contributed by atoms with Crippen molar-refractivity contribution >= 4 is 35.0 Å². The first-order valence-corrected chi connectivity index (χ1v) is 11.5. The van der Waals surface area contributed by atoms with Crippen LogP contribution < -0.4 is 15.5 Å². The number of ketones is 1. The van der Waals surface area contributed by atoms with E-state index in [0.717, 1.165) is 35.4 Å². The summed E-state index contributed by atoms with van der Waals surface area (Å²) in [5.74, 6) is 0.202. The van der Waals surface area contributed by atoms with Crippen molar-refractivity contribution in [3.05, 3.63) is 41.1 Å². The van der Waals surface area contributed by atoms with Gasteiger partial charge in [-0.1, -0.05) is 25.1 Å². The summed E-state index contributed by atoms with van der Waals surface area (Å²) < 4.78 is 0. The Kier molecular flexibility index (Phi) is 5.42. The maximum absolute atomic E-state index is 13.1. The van der Waals surface area contributed by atoms with Crippen molar-refractivity contribution in [2.75, 3.05) is 24.0 Å². The number of likely N-dealkylation sites (N-methyl/N-ethyl adjacent to an activating group) is 1. The number of carbonyl (C=O) groups is 3. The van der Waals surface area contributed by atoms with Crippen LogP contribution in [0.5, 0.6) is 0 Å². The lowest BCUT2D eigenvalue weighted by atomic mass is 9.80. The zero-order valence-corrected chi connectivity index (χ0v) is 17.8. The summed E-state index contributed by atoms with van der Waals surface area (Å²) in [5.41, 5.74) is 3.50. The number of nitrogens with one attached hydrogen (secondary N) is 2. The van der Waals surface area contributed by atoms with Crippen molar-refractivity contribution < 1.29 is 14.4 Å². The molecule has 0 radical (unpaired) electrons. The van der Waals surface area contributed by atoms with Crippen LogP contribution in [-0.4, -0.2) is 48.7 Å². The largest absolute Gasteiger partial charge is 0.374 e. The minimum atomic E-state index is -0.383. The summed E-state index contributed by atoms with van der Waals surface area (Å²) in [6, 6.07) is 7.06. The summed E-state index contributed by atoms with van der Waals surface area (Å²) in [7, 11) is 1.79. The summed E-state index contributed by atoms with van der Waals surface area (Å²) in [6.45, 7) is 2.00. The van der Waals surface area contributed by atoms with Crippen LogP contribution in [0.4, 0.5) is 5.69 Å². The number of para-hydroxylation sites is 1. The highest BCUT2D eigenvalue weighted by atomic mass is 32.2. The molecule has 2 fully saturated rings. The van der Waals surface area contributed by atoms with E-state index in [1.807, 2.05) is 37.4 Å². The lowest BCUT2D eigenvalue weighted by Crippen LogP contribution is -2.60. The lowest BCUT2D eigenvalue weighted by molar-refractivity contribution is -0.126. The van der Waals surface area contributed by atoms with E-state index in [4.69, 9.17) is 0 Å². The van der Waals surface area contributed by atoms with E-state index in [-0.39, 0.29) is 41.5 Å². The van der Waals surface area contributed by atoms with Gasteiger partial charge >= 0.3 is 0 Å². The van der Waals surface area contributed by atoms with E-state index < -0.39 is 0 Å². The van der Waals surface area contributed by atoms with Crippen molar-refractivity contribution in [3.63, 3.8) is 0 Å². The summed E-state index contributed by atoms with van der Waals surface area (Å²) in [5, 5.41) is 6.53. The number of fused-ring (bicyclic) bond motifs is 1. The van der Waals surface area contributed by atoms with Crippen LogP contribution in [0, 0.1) is 5.92 Å². The number of nitrogens with zero attached hydrogens (tertiary/aromatic N) is 1. The summed E-state index contributed by atoms with van der Waals surface area (Å²) in [6.07, 6.45) is 4.08. The van der Waals surface area contributed by atoms with Crippen molar-refractivity contribution in [1.82, 2.24) is 10.6 Å². The Morgan fingerprint density at radius 3 is 2.62 bits per heavy atom. The molecule has 2 amide bonds. The highest BCUT2D eigenvalue weighted by Gasteiger charge is 2.45. The van der Waals surface area contributed by atoms with E-state index in [9.17, 15) is 14.4 Å². The molecule has 6 nitrogen and oxygen atoms in total. The molecule has 4 rings (SSSR count). The van der Waals surface area contributed by atoms with Gasteiger partial charge in [-0.05, 0) is 36.6 Å². The number of thioether (sulfide) groups is 1. The first-order chi connectivity index (χ1) is 13.9. The van der Waals surface area contributed by atoms with Crippen LogP contribution in [0.3, 0.4) is 0 Å². The molecule has 2 N–H and O–H groups in total. The Morgan fingerprint density at radius 2 is 1.93 bits per heavy atom. The molecule has 1 saturated carbocycles. The molecule has 154 valence electrons. The van der Waals surface area contributed by atoms with Gasteiger partial charge in [-0.25, -0.2) is 0 Å². The monoisotopic (exact) mass is 413 g/mol. The first kappa shape index (κ1) is 20.0. The van der Waals surface area contributed by atoms with E-state index in [0.29, 0.717) is 12.2 Å². The number of rotatable bonds is 4. The molecule has 0 spiro atoms. The van der Waals surface area contributed by atoms with Crippen LogP contribution in [0.2, 0.25) is 0 Å². The number of anilines is 1. The SMILES string of the molecule is CSCC1NC(=C2CCCC2=O)C(C(C)C2C(=O)N(C)c3ccccc32)NC1=O. The number of Topliss-reactive ketones (excluding diaryl/α,β-unsaturated/α-hetero) is 1. The molecule has 0 aromatic heterocycles. The molecule has 29 heavy (non-hydrogen) atoms. The van der Waals surface area contributed by atoms with Gasteiger partial charge in [0, 0.05) is 36.2 Å². The fourth-order valence-corrected chi connectivity index (χ4v) is 5.41. The van der Waals surface area contributed by atoms with Gasteiger partial charge in [0.25, 0.3) is 0 Å². The Labute approximate surface area is 175 Å². The molecular weight excluding hydrogens is 386 g/mol. The van der Waals surface area contributed by atoms with Crippen LogP contribution in [0.25, 0.3) is 0 Å². The quantitative estimate of drug-likeness (QED) is 0.740. The van der Waals surface area contributed by atoms with Crippen molar-refractivity contribution in [3.8, 4) is 0 Å². The Hall–Kier alpha value is -2.28. The first-order valence-electron chi connectivity index (χ1n) is 10.1. The Bertz CT molecular complexity index is 897. The van der Waals surface area contributed by atoms with Crippen molar-refractivity contribution in [2.45, 2.75) is 44.2 Å². The topological polar surface area (TPSA) is 78.5 Å². The molecule has 2 heterocycles. The fourth-order valence-electron chi connectivity index (χ4n) is 4.84. The van der Waals surface area contributed by atoms with Gasteiger partial charge in [-0.15, -0.1) is 0 Å². The third-order valence-electron chi connectivity index (χ3n) is 6.36. The molecule has 3 aliphatic rings. The fraction of sp³-hybridized carbons (Fsp3) is 0.500. The van der Waals surface area contributed by atoms with Gasteiger partial charge in [0.1, 0.15) is 6.04 Å². The zero-order valence-electron chi connectivity index (χ0n) is 17.0. The molecular formula is C22H27N3O3S. The molecule has 4 unspecified atom stereocenters. The van der Waals surface area contributed by atoms with E-state index >= 15 is 0 Å². The highest BCUT2D eigenvalue weighted by Crippen LogP contribution is 2.43. The molecule has 7 heteroatoms. The standard InChI is InChI=1S/C22H27N3O3S/c1-12(18-13-7-4-5-9-16(13)25(2)22(18)28)19-20(14-8-6-10-17(14)26)23-15(11-29-3)21(27)24-19/h4-5,7,9,12,15,18-19,23H,6,8,10-11H2,1-3H3,(H,24,27). The maximum Gasteiger partial charge on any atom is 0.243 e. The minimum Gasteiger partial charge on any atom is -0.374 e. The number of hydrogen-bond donors (Lipinski definition) is 2. The maximum atomic E-state index is 13.1. The van der Waals surface area contributed by atoms with Crippen LogP contribution in [-0.2, 0) is 14.4 Å². The predicted molar refractivity (Wildman–Crippen MR) is 115 cm³/mol. The zero-order chi connectivity index (χ0) is 20.7. The third kappa shape index (κ3) is 3.35. The lowest BCUT2D eigenvalue weighted by Gasteiger charge is -2.39. The number of amides is 2. The number of hydrogen-bond acceptors (Lipinski definition) is 5. The minimum absolute atomic E-state index is 0.0290. The second-order valence-corrected chi connectivity index (χ2v) is 9.01. The Balaban J connectivity index is 1.73. The van der Waals surface area contributed by atoms with E-state index in [2.05, 4.69) is 10.6 Å². The van der Waals surface area contributed by atoms with E-state index in [1.165, 1.54) is 0 Å². The smallest absolute Gasteiger partial charge is 0.243 e. The van der Waals surface area contributed by atoms with Gasteiger partial charge in [0.05, 0.1) is 12.0 Å². The number of carbonyl (C=O) groups excluding carboxylic acids is 3. The molecule has 1 saturated heterocycles. The summed E-state index contributed by atoms with van der Waals surface area (Å²) in [4.78, 5) is 40.1. The normalized spacial score (nSPS) is 30.2. The third-order valence-corrected chi connectivity index (χ3v) is 7.03. The Morgan fingerprint density at radius 1 is 1.17 bits per heavy atom. The van der Waals surface area contributed by atoms with Crippen LogP contribution >= 0.6 is 11.8 Å². The highest BCUT2D eigenvalue weighted by molar-refractivity contribution is 7.98. The van der Waals surface area contributed by atoms with Gasteiger partial charge in [0.2, 0.25) is 11.8 Å². The second kappa shape index (κ2) is 7.86. The van der Waals surface area contributed by atoms with E-state index in [1.54, 1.807) is 23.7 Å². The predicted octanol–water partition coefficient (Wildman–Crippen LogP) is 2.21. The molecule has 1 aromatic carbocycles. The van der Waals surface area contributed by atoms with Gasteiger partial charge < -0.3 is 15.5 Å². The molecule has 4 atom stereocenters. The average molecular weight is 414 g/mol. The van der Waals surface area contributed by atoms with Crippen molar-refractivity contribution in [1.29, 1.82) is 0 Å². The molecule has 2 aliphatic heterocycles. The van der Waals surface area contributed by atoms with Gasteiger partial charge in [0.15, 0.2) is 5.78 Å². The second-order valence-electron chi connectivity index (χ2n) is 8.10. The van der Waals surface area contributed by atoms with Gasteiger partial charge in [-0.3, -0.25) is 14.4 Å². The molecule has 1 aromatic rings. The average Bonchev–Trinajstić information content (AvgIpc) is 3.24. The number of benzene rings is 1. The van der Waals surface area contributed by atoms with Crippen LogP contribution in [0.1, 0.15) is 37.7 Å². The summed E-state index contributed by atoms with van der Waals surface area (Å²) >= 11 is 1.59. The molecule has 1 aliphatic carbocycles. The molecule has 0 bridgehead atoms. The number of allylic oxidation sites excluding steroid dienone is 1. The van der Waals surface area contributed by atoms with Crippen molar-refractivity contribution in [2.24, 2.45) is 5.92 Å². The van der Waals surface area contributed by atoms with Gasteiger partial charge in [-0.2, -0.15) is 11.8 Å².